The molecule has 1 fully saturated rings. The zero-order chi connectivity index (χ0) is 18.9. The van der Waals surface area contributed by atoms with Gasteiger partial charge in [0.05, 0.1) is 0 Å². The molecule has 0 aromatic heterocycles. The maximum atomic E-state index is 12.8. The largest absolute Gasteiger partial charge is 0.349 e. The molecule has 1 aliphatic rings. The van der Waals surface area contributed by atoms with Crippen LogP contribution in [0.25, 0.3) is 0 Å². The molecule has 0 bridgehead atoms. The minimum absolute atomic E-state index is 0.000788. The number of rotatable bonds is 8. The molecule has 26 heavy (non-hydrogen) atoms. The standard InChI is InChI=1S/C21H33N3O2/c1-3-12-24(13-4-2)21(26)17-10-7-9-16(14-17)20(25)23-19-11-6-5-8-18(19)15-22/h7,9-10,14,18-19H,3-6,8,11-13,15,22H2,1-2H3,(H,23,25). The second-order valence-corrected chi connectivity index (χ2v) is 7.23. The van der Waals surface area contributed by atoms with E-state index in [0.717, 1.165) is 45.2 Å². The van der Waals surface area contributed by atoms with E-state index in [1.165, 1.54) is 6.42 Å². The molecule has 0 radical (unpaired) electrons. The molecule has 0 heterocycles. The minimum Gasteiger partial charge on any atom is -0.349 e. The van der Waals surface area contributed by atoms with Crippen molar-refractivity contribution < 1.29 is 9.59 Å². The molecular weight excluding hydrogens is 326 g/mol. The number of benzene rings is 1. The van der Waals surface area contributed by atoms with Crippen LogP contribution in [0.2, 0.25) is 0 Å². The number of carbonyl (C=O) groups is 2. The molecule has 0 saturated heterocycles. The van der Waals surface area contributed by atoms with Crippen molar-refractivity contribution in [1.82, 2.24) is 10.2 Å². The van der Waals surface area contributed by atoms with Crippen LogP contribution in [-0.4, -0.2) is 42.4 Å². The topological polar surface area (TPSA) is 75.4 Å². The SMILES string of the molecule is CCCN(CCC)C(=O)c1cccc(C(=O)NC2CCCCC2CN)c1. The number of nitrogens with zero attached hydrogens (tertiary/aromatic N) is 1. The third-order valence-electron chi connectivity index (χ3n) is 5.17. The van der Waals surface area contributed by atoms with Gasteiger partial charge < -0.3 is 16.0 Å². The van der Waals surface area contributed by atoms with Crippen LogP contribution in [0.3, 0.4) is 0 Å². The van der Waals surface area contributed by atoms with E-state index in [1.54, 1.807) is 24.3 Å². The molecule has 3 N–H and O–H groups in total. The van der Waals surface area contributed by atoms with E-state index < -0.39 is 0 Å². The third-order valence-corrected chi connectivity index (χ3v) is 5.17. The van der Waals surface area contributed by atoms with E-state index in [9.17, 15) is 9.59 Å². The Kier molecular flexibility index (Phi) is 8.10. The lowest BCUT2D eigenvalue weighted by atomic mass is 9.84. The molecule has 2 unspecified atom stereocenters. The van der Waals surface area contributed by atoms with E-state index in [0.29, 0.717) is 23.6 Å². The lowest BCUT2D eigenvalue weighted by Crippen LogP contribution is -2.44. The van der Waals surface area contributed by atoms with Gasteiger partial charge in [-0.25, -0.2) is 0 Å². The summed E-state index contributed by atoms with van der Waals surface area (Å²) in [6.45, 7) is 6.22. The lowest BCUT2D eigenvalue weighted by molar-refractivity contribution is 0.0755. The number of amides is 2. The molecule has 5 heteroatoms. The van der Waals surface area contributed by atoms with Gasteiger partial charge >= 0.3 is 0 Å². The molecule has 1 aromatic carbocycles. The Balaban J connectivity index is 2.09. The fourth-order valence-corrected chi connectivity index (χ4v) is 3.76. The number of carbonyl (C=O) groups excluding carboxylic acids is 2. The van der Waals surface area contributed by atoms with Crippen molar-refractivity contribution in [2.75, 3.05) is 19.6 Å². The van der Waals surface area contributed by atoms with E-state index in [1.807, 2.05) is 4.90 Å². The fraction of sp³-hybridized carbons (Fsp3) is 0.619. The third kappa shape index (κ3) is 5.31. The normalized spacial score (nSPS) is 19.8. The van der Waals surface area contributed by atoms with Gasteiger partial charge in [0.25, 0.3) is 11.8 Å². The van der Waals surface area contributed by atoms with Crippen LogP contribution in [-0.2, 0) is 0 Å². The highest BCUT2D eigenvalue weighted by Gasteiger charge is 2.26. The first kappa shape index (κ1) is 20.4. The van der Waals surface area contributed by atoms with Gasteiger partial charge in [-0.05, 0) is 56.3 Å². The highest BCUT2D eigenvalue weighted by molar-refractivity contribution is 5.99. The summed E-state index contributed by atoms with van der Waals surface area (Å²) >= 11 is 0. The number of hydrogen-bond acceptors (Lipinski definition) is 3. The van der Waals surface area contributed by atoms with Crippen LogP contribution in [0.1, 0.15) is 73.1 Å². The van der Waals surface area contributed by atoms with Gasteiger partial charge in [0.2, 0.25) is 0 Å². The Bertz CT molecular complexity index is 597. The zero-order valence-corrected chi connectivity index (χ0v) is 16.2. The highest BCUT2D eigenvalue weighted by Crippen LogP contribution is 2.24. The zero-order valence-electron chi connectivity index (χ0n) is 16.2. The first-order chi connectivity index (χ1) is 12.6. The van der Waals surface area contributed by atoms with Crippen molar-refractivity contribution in [2.45, 2.75) is 58.4 Å². The summed E-state index contributed by atoms with van der Waals surface area (Å²) in [6.07, 6.45) is 6.21. The predicted molar refractivity (Wildman–Crippen MR) is 105 cm³/mol. The van der Waals surface area contributed by atoms with E-state index in [2.05, 4.69) is 19.2 Å². The molecule has 1 aromatic rings. The van der Waals surface area contributed by atoms with Crippen LogP contribution in [0, 0.1) is 5.92 Å². The predicted octanol–water partition coefficient (Wildman–Crippen LogP) is 3.20. The van der Waals surface area contributed by atoms with E-state index >= 15 is 0 Å². The molecule has 2 amide bonds. The molecule has 144 valence electrons. The number of nitrogens with two attached hydrogens (primary N) is 1. The average molecular weight is 360 g/mol. The van der Waals surface area contributed by atoms with Crippen molar-refractivity contribution >= 4 is 11.8 Å². The van der Waals surface area contributed by atoms with Crippen LogP contribution in [0.5, 0.6) is 0 Å². The maximum Gasteiger partial charge on any atom is 0.253 e. The Labute approximate surface area is 157 Å². The molecule has 2 atom stereocenters. The first-order valence-corrected chi connectivity index (χ1v) is 10.0. The summed E-state index contributed by atoms with van der Waals surface area (Å²) in [5.74, 6) is 0.241. The van der Waals surface area contributed by atoms with Crippen LogP contribution in [0.4, 0.5) is 0 Å². The second kappa shape index (κ2) is 10.3. The number of hydrogen-bond donors (Lipinski definition) is 2. The monoisotopic (exact) mass is 359 g/mol. The van der Waals surface area contributed by atoms with Gasteiger partial charge in [-0.15, -0.1) is 0 Å². The smallest absolute Gasteiger partial charge is 0.253 e. The Morgan fingerprint density at radius 1 is 1.12 bits per heavy atom. The quantitative estimate of drug-likeness (QED) is 0.748. The van der Waals surface area contributed by atoms with Crippen molar-refractivity contribution in [3.05, 3.63) is 35.4 Å². The maximum absolute atomic E-state index is 12.8. The summed E-state index contributed by atoms with van der Waals surface area (Å²) in [4.78, 5) is 27.3. The average Bonchev–Trinajstić information content (AvgIpc) is 2.67. The lowest BCUT2D eigenvalue weighted by Gasteiger charge is -2.31. The Hall–Kier alpha value is -1.88. The molecule has 5 nitrogen and oxygen atoms in total. The minimum atomic E-state index is -0.109. The van der Waals surface area contributed by atoms with Crippen molar-refractivity contribution in [3.63, 3.8) is 0 Å². The van der Waals surface area contributed by atoms with Crippen molar-refractivity contribution in [3.8, 4) is 0 Å². The van der Waals surface area contributed by atoms with Gasteiger partial charge in [-0.3, -0.25) is 9.59 Å². The molecule has 0 aliphatic heterocycles. The number of nitrogens with one attached hydrogen (secondary N) is 1. The molecule has 2 rings (SSSR count). The summed E-state index contributed by atoms with van der Waals surface area (Å²) in [5, 5.41) is 3.14. The van der Waals surface area contributed by atoms with E-state index in [4.69, 9.17) is 5.73 Å². The molecular formula is C21H33N3O2. The Morgan fingerprint density at radius 3 is 2.42 bits per heavy atom. The van der Waals surface area contributed by atoms with Crippen LogP contribution < -0.4 is 11.1 Å². The van der Waals surface area contributed by atoms with Crippen molar-refractivity contribution in [2.24, 2.45) is 11.7 Å². The summed E-state index contributed by atoms with van der Waals surface area (Å²) in [6, 6.07) is 7.21. The summed E-state index contributed by atoms with van der Waals surface area (Å²) in [5.41, 5.74) is 6.99. The van der Waals surface area contributed by atoms with Crippen molar-refractivity contribution in [1.29, 1.82) is 0 Å². The molecule has 1 saturated carbocycles. The van der Waals surface area contributed by atoms with Gasteiger partial charge in [-0.1, -0.05) is 32.8 Å². The molecule has 1 aliphatic carbocycles. The van der Waals surface area contributed by atoms with Gasteiger partial charge in [0.15, 0.2) is 0 Å². The molecule has 0 spiro atoms. The van der Waals surface area contributed by atoms with Crippen LogP contribution in [0.15, 0.2) is 24.3 Å². The summed E-state index contributed by atoms with van der Waals surface area (Å²) < 4.78 is 0. The van der Waals surface area contributed by atoms with Gasteiger partial charge in [0.1, 0.15) is 0 Å². The first-order valence-electron chi connectivity index (χ1n) is 10.0. The Morgan fingerprint density at radius 2 is 1.77 bits per heavy atom. The van der Waals surface area contributed by atoms with E-state index in [-0.39, 0.29) is 17.9 Å². The highest BCUT2D eigenvalue weighted by atomic mass is 16.2. The fourth-order valence-electron chi connectivity index (χ4n) is 3.76. The van der Waals surface area contributed by atoms with Crippen LogP contribution >= 0.6 is 0 Å². The second-order valence-electron chi connectivity index (χ2n) is 7.23. The van der Waals surface area contributed by atoms with Gasteiger partial charge in [0, 0.05) is 30.3 Å². The summed E-state index contributed by atoms with van der Waals surface area (Å²) in [7, 11) is 0. The van der Waals surface area contributed by atoms with Gasteiger partial charge in [-0.2, -0.15) is 0 Å².